The molecule has 5 rings (SSSR count). The van der Waals surface area contributed by atoms with Gasteiger partial charge in [-0.1, -0.05) is 20.8 Å². The average Bonchev–Trinajstić information content (AvgIpc) is 2.79. The van der Waals surface area contributed by atoms with Crippen molar-refractivity contribution < 1.29 is 28.8 Å². The Morgan fingerprint density at radius 2 is 1.96 bits per heavy atom. The van der Waals surface area contributed by atoms with E-state index < -0.39 is 24.0 Å². The van der Waals surface area contributed by atoms with Crippen molar-refractivity contribution in [2.24, 2.45) is 23.7 Å². The Balaban J connectivity index is 1.66. The predicted molar refractivity (Wildman–Crippen MR) is 87.8 cm³/mol. The quantitative estimate of drug-likeness (QED) is 0.571. The molecule has 1 aliphatic carbocycles. The number of rotatable bonds is 3. The van der Waals surface area contributed by atoms with Crippen molar-refractivity contribution >= 4 is 5.97 Å². The van der Waals surface area contributed by atoms with Gasteiger partial charge in [-0.05, 0) is 44.4 Å². The zero-order valence-electron chi connectivity index (χ0n) is 15.7. The smallest absolute Gasteiger partial charge is 0.308 e. The zero-order valence-corrected chi connectivity index (χ0v) is 15.7. The highest BCUT2D eigenvalue weighted by molar-refractivity contribution is 5.69. The second kappa shape index (κ2) is 6.19. The second-order valence-electron chi connectivity index (χ2n) is 8.51. The molecular formula is C19H30O6. The summed E-state index contributed by atoms with van der Waals surface area (Å²) in [6, 6.07) is 0. The van der Waals surface area contributed by atoms with E-state index in [1.54, 1.807) is 0 Å². The largest absolute Gasteiger partial charge is 0.435 e. The monoisotopic (exact) mass is 354 g/mol. The molecule has 5 aliphatic rings. The van der Waals surface area contributed by atoms with Gasteiger partial charge < -0.3 is 14.2 Å². The number of ether oxygens (including phenoxy) is 3. The fourth-order valence-corrected chi connectivity index (χ4v) is 5.40. The summed E-state index contributed by atoms with van der Waals surface area (Å²) in [4.78, 5) is 23.9. The molecule has 1 spiro atoms. The highest BCUT2D eigenvalue weighted by Gasteiger charge is 2.69. The third-order valence-electron chi connectivity index (χ3n) is 6.80. The molecule has 0 radical (unpaired) electrons. The summed E-state index contributed by atoms with van der Waals surface area (Å²) in [5.74, 6) is 0.0851. The molecule has 4 heterocycles. The molecule has 2 bridgehead atoms. The molecule has 0 aromatic heterocycles. The van der Waals surface area contributed by atoms with E-state index in [0.717, 1.165) is 32.1 Å². The minimum atomic E-state index is -0.796. The van der Waals surface area contributed by atoms with Crippen LogP contribution in [0.3, 0.4) is 0 Å². The van der Waals surface area contributed by atoms with Crippen molar-refractivity contribution in [3.8, 4) is 0 Å². The van der Waals surface area contributed by atoms with E-state index in [1.165, 1.54) is 0 Å². The first-order valence-corrected chi connectivity index (χ1v) is 9.79. The number of fused-ring (bicyclic) bond motifs is 2. The topological polar surface area (TPSA) is 63.2 Å². The molecule has 4 aliphatic heterocycles. The fourth-order valence-electron chi connectivity index (χ4n) is 5.40. The van der Waals surface area contributed by atoms with E-state index in [0.29, 0.717) is 18.3 Å². The van der Waals surface area contributed by atoms with Crippen LogP contribution in [0.25, 0.3) is 0 Å². The molecule has 4 saturated heterocycles. The van der Waals surface area contributed by atoms with E-state index in [1.807, 2.05) is 13.8 Å². The van der Waals surface area contributed by atoms with Gasteiger partial charge in [0.1, 0.15) is 0 Å². The first kappa shape index (κ1) is 17.7. The number of carbonyl (C=O) groups excluding carboxylic acids is 1. The Labute approximate surface area is 149 Å². The highest BCUT2D eigenvalue weighted by Crippen LogP contribution is 2.60. The first-order chi connectivity index (χ1) is 11.9. The molecular weight excluding hydrogens is 324 g/mol. The minimum absolute atomic E-state index is 0.0433. The number of hydrogen-bond acceptors (Lipinski definition) is 6. The molecule has 0 aromatic carbocycles. The SMILES string of the molecule is CCCC(=O)OC1OC2O[C@]3(C)CC[C@H]4[C@H](C)CCC([C@H]1C)[C@@]24OO3. The Kier molecular flexibility index (Phi) is 4.38. The third-order valence-corrected chi connectivity index (χ3v) is 6.80. The maximum Gasteiger partial charge on any atom is 0.308 e. The Hall–Kier alpha value is -0.690. The fraction of sp³-hybridized carbons (Fsp3) is 0.947. The van der Waals surface area contributed by atoms with Gasteiger partial charge in [-0.15, -0.1) is 0 Å². The maximum absolute atomic E-state index is 12.0. The van der Waals surface area contributed by atoms with Crippen molar-refractivity contribution in [1.82, 2.24) is 0 Å². The summed E-state index contributed by atoms with van der Waals surface area (Å²) in [5, 5.41) is 0. The first-order valence-electron chi connectivity index (χ1n) is 9.79. The van der Waals surface area contributed by atoms with Crippen LogP contribution in [0.1, 0.15) is 66.2 Å². The van der Waals surface area contributed by atoms with Gasteiger partial charge in [-0.2, -0.15) is 0 Å². The summed E-state index contributed by atoms with van der Waals surface area (Å²) in [6.45, 7) is 8.24. The van der Waals surface area contributed by atoms with Crippen molar-refractivity contribution in [1.29, 1.82) is 0 Å². The minimum Gasteiger partial charge on any atom is -0.435 e. The van der Waals surface area contributed by atoms with Gasteiger partial charge >= 0.3 is 5.97 Å². The van der Waals surface area contributed by atoms with Crippen LogP contribution in [0.15, 0.2) is 0 Å². The molecule has 6 heteroatoms. The van der Waals surface area contributed by atoms with E-state index in [-0.39, 0.29) is 17.8 Å². The van der Waals surface area contributed by atoms with Crippen molar-refractivity contribution in [3.63, 3.8) is 0 Å². The van der Waals surface area contributed by atoms with E-state index in [4.69, 9.17) is 24.0 Å². The van der Waals surface area contributed by atoms with E-state index >= 15 is 0 Å². The molecule has 6 nitrogen and oxygen atoms in total. The lowest BCUT2D eigenvalue weighted by Crippen LogP contribution is -2.70. The molecule has 25 heavy (non-hydrogen) atoms. The number of hydrogen-bond donors (Lipinski definition) is 0. The van der Waals surface area contributed by atoms with Crippen LogP contribution in [0.2, 0.25) is 0 Å². The van der Waals surface area contributed by atoms with Crippen LogP contribution < -0.4 is 0 Å². The molecule has 8 atom stereocenters. The molecule has 0 amide bonds. The van der Waals surface area contributed by atoms with Gasteiger partial charge in [0, 0.05) is 24.7 Å². The van der Waals surface area contributed by atoms with Crippen molar-refractivity contribution in [3.05, 3.63) is 0 Å². The molecule has 1 saturated carbocycles. The Morgan fingerprint density at radius 1 is 1.16 bits per heavy atom. The predicted octanol–water partition coefficient (Wildman–Crippen LogP) is 3.54. The molecule has 0 aromatic rings. The van der Waals surface area contributed by atoms with Gasteiger partial charge in [-0.25, -0.2) is 9.78 Å². The molecule has 3 unspecified atom stereocenters. The molecule has 5 fully saturated rings. The number of esters is 1. The lowest BCUT2D eigenvalue weighted by Gasteiger charge is -2.59. The third kappa shape index (κ3) is 2.64. The summed E-state index contributed by atoms with van der Waals surface area (Å²) in [5.41, 5.74) is -0.596. The summed E-state index contributed by atoms with van der Waals surface area (Å²) < 4.78 is 18.1. The maximum atomic E-state index is 12.0. The van der Waals surface area contributed by atoms with Crippen LogP contribution in [0.4, 0.5) is 0 Å². The van der Waals surface area contributed by atoms with Crippen LogP contribution in [-0.2, 0) is 28.8 Å². The summed E-state index contributed by atoms with van der Waals surface area (Å²) >= 11 is 0. The van der Waals surface area contributed by atoms with Gasteiger partial charge in [0.25, 0.3) is 0 Å². The van der Waals surface area contributed by atoms with Crippen molar-refractivity contribution in [2.45, 2.75) is 90.2 Å². The summed E-state index contributed by atoms with van der Waals surface area (Å²) in [6.07, 6.45) is 3.97. The molecule has 142 valence electrons. The van der Waals surface area contributed by atoms with Crippen molar-refractivity contribution in [2.75, 3.05) is 0 Å². The zero-order chi connectivity index (χ0) is 17.8. The van der Waals surface area contributed by atoms with E-state index in [9.17, 15) is 4.79 Å². The lowest BCUT2D eigenvalue weighted by molar-refractivity contribution is -0.576. The second-order valence-corrected chi connectivity index (χ2v) is 8.51. The van der Waals surface area contributed by atoms with Gasteiger partial charge in [0.2, 0.25) is 12.1 Å². The van der Waals surface area contributed by atoms with Crippen LogP contribution in [0.5, 0.6) is 0 Å². The highest BCUT2D eigenvalue weighted by atomic mass is 17.3. The van der Waals surface area contributed by atoms with E-state index in [2.05, 4.69) is 13.8 Å². The van der Waals surface area contributed by atoms with Gasteiger partial charge in [0.15, 0.2) is 11.9 Å². The summed E-state index contributed by atoms with van der Waals surface area (Å²) in [7, 11) is 0. The Bertz CT molecular complexity index is 538. The van der Waals surface area contributed by atoms with Crippen LogP contribution in [-0.4, -0.2) is 29.9 Å². The average molecular weight is 354 g/mol. The van der Waals surface area contributed by atoms with Crippen LogP contribution >= 0.6 is 0 Å². The number of carbonyl (C=O) groups is 1. The normalized spacial score (nSPS) is 51.5. The lowest BCUT2D eigenvalue weighted by atomic mass is 9.58. The standard InChI is InChI=1S/C19H30O6/c1-5-6-15(20)21-16-12(3)14-8-7-11(2)13-9-10-18(4)23-17(22-16)19(13,14)25-24-18/h11-14,16-17H,5-10H2,1-4H3/t11-,12-,13+,14?,16?,17?,18+,19-/m1/s1. The Morgan fingerprint density at radius 3 is 2.72 bits per heavy atom. The molecule has 0 N–H and O–H groups in total. The van der Waals surface area contributed by atoms with Gasteiger partial charge in [0.05, 0.1) is 0 Å². The van der Waals surface area contributed by atoms with Crippen LogP contribution in [0, 0.1) is 23.7 Å². The van der Waals surface area contributed by atoms with Gasteiger partial charge in [-0.3, -0.25) is 4.79 Å².